The van der Waals surface area contributed by atoms with Crippen molar-refractivity contribution < 1.29 is 0 Å². The van der Waals surface area contributed by atoms with Crippen molar-refractivity contribution in [1.82, 2.24) is 0 Å². The van der Waals surface area contributed by atoms with E-state index in [0.717, 1.165) is 23.7 Å². The van der Waals surface area contributed by atoms with Crippen molar-refractivity contribution in [2.75, 3.05) is 0 Å². The van der Waals surface area contributed by atoms with Crippen LogP contribution in [0.4, 0.5) is 0 Å². The summed E-state index contributed by atoms with van der Waals surface area (Å²) < 4.78 is 0. The molecule has 0 nitrogen and oxygen atoms in total. The zero-order valence-electron chi connectivity index (χ0n) is 20.8. The second-order valence-corrected chi connectivity index (χ2v) is 9.64. The Kier molecular flexibility index (Phi) is 43.7. The third kappa shape index (κ3) is 50.2. The molecule has 1 atom stereocenters. The molecule has 0 saturated carbocycles. The van der Waals surface area contributed by atoms with Crippen LogP contribution in [-0.4, -0.2) is 0 Å². The van der Waals surface area contributed by atoms with E-state index in [0.29, 0.717) is 0 Å². The molecule has 0 saturated heterocycles. The molecule has 0 radical (unpaired) electrons. The van der Waals surface area contributed by atoms with E-state index in [2.05, 4.69) is 69.2 Å². The van der Waals surface area contributed by atoms with Gasteiger partial charge in [-0.2, -0.15) is 0 Å². The smallest absolute Gasteiger partial charge is 0.0443 e. The number of rotatable bonds is 13. The Hall–Kier alpha value is 0. The monoisotopic (exact) mass is 403 g/mol. The fraction of sp³-hybridized carbons (Fsp3) is 1.00. The van der Waals surface area contributed by atoms with Crippen molar-refractivity contribution in [1.29, 1.82) is 0 Å². The highest BCUT2D eigenvalue weighted by Crippen LogP contribution is 2.17. The molecule has 0 aromatic heterocycles. The molecule has 0 aromatic rings. The van der Waals surface area contributed by atoms with Crippen molar-refractivity contribution in [3.05, 3.63) is 0 Å². The van der Waals surface area contributed by atoms with Crippen LogP contribution in [0.15, 0.2) is 0 Å². The summed E-state index contributed by atoms with van der Waals surface area (Å²) in [4.78, 5) is 0. The van der Waals surface area contributed by atoms with Gasteiger partial charge in [0.2, 0.25) is 0 Å². The van der Waals surface area contributed by atoms with Gasteiger partial charge in [0.25, 0.3) is 0 Å². The first kappa shape index (κ1) is 38.6. The fourth-order valence-electron chi connectivity index (χ4n) is 2.80. The number of hydrogen-bond acceptors (Lipinski definition) is 0. The molecule has 0 aliphatic carbocycles. The SMILES string of the molecule is C.C.CCCCC(C)C.CCCCC(C)C.CCCCC(C)CCCC(C)C. The molecule has 0 aliphatic rings. The van der Waals surface area contributed by atoms with Gasteiger partial charge in [-0.05, 0) is 23.7 Å². The zero-order valence-corrected chi connectivity index (χ0v) is 20.8. The molecular weight excluding hydrogens is 336 g/mol. The standard InChI is InChI=1S/C12H26.2C7H16.2CH4/c1-5-6-9-12(4)10-7-8-11(2)3;2*1-4-5-6-7(2)3;;/h11-12H,5-10H2,1-4H3;2*7H,4-6H2,1-3H3;2*1H4. The van der Waals surface area contributed by atoms with Gasteiger partial charge in [0.05, 0.1) is 0 Å². The van der Waals surface area contributed by atoms with Crippen molar-refractivity contribution in [2.45, 2.75) is 161 Å². The minimum absolute atomic E-state index is 0. The summed E-state index contributed by atoms with van der Waals surface area (Å²) >= 11 is 0. The minimum atomic E-state index is 0. The molecule has 0 spiro atoms. The predicted octanol–water partition coefficient (Wildman–Crippen LogP) is 11.6. The molecule has 28 heavy (non-hydrogen) atoms. The van der Waals surface area contributed by atoms with Crippen LogP contribution >= 0.6 is 0 Å². The van der Waals surface area contributed by atoms with Crippen LogP contribution in [-0.2, 0) is 0 Å². The molecule has 0 heteroatoms. The minimum Gasteiger partial charge on any atom is -0.0776 e. The van der Waals surface area contributed by atoms with Crippen LogP contribution in [0.3, 0.4) is 0 Å². The Morgan fingerprint density at radius 1 is 0.393 bits per heavy atom. The van der Waals surface area contributed by atoms with Crippen molar-refractivity contribution >= 4 is 0 Å². The second kappa shape index (κ2) is 31.7. The zero-order chi connectivity index (χ0) is 20.8. The fourth-order valence-corrected chi connectivity index (χ4v) is 2.80. The summed E-state index contributed by atoms with van der Waals surface area (Å²) in [5, 5.41) is 0. The van der Waals surface area contributed by atoms with E-state index in [1.165, 1.54) is 77.0 Å². The van der Waals surface area contributed by atoms with Gasteiger partial charge in [-0.1, -0.05) is 161 Å². The van der Waals surface area contributed by atoms with E-state index in [1.54, 1.807) is 0 Å². The van der Waals surface area contributed by atoms with Gasteiger partial charge in [-0.15, -0.1) is 0 Å². The lowest BCUT2D eigenvalue weighted by Crippen LogP contribution is -1.96. The van der Waals surface area contributed by atoms with E-state index in [9.17, 15) is 0 Å². The highest BCUT2D eigenvalue weighted by molar-refractivity contribution is 4.55. The maximum atomic E-state index is 2.40. The average molecular weight is 403 g/mol. The molecule has 0 aromatic carbocycles. The highest BCUT2D eigenvalue weighted by atomic mass is 14.1. The van der Waals surface area contributed by atoms with Crippen LogP contribution in [0, 0.1) is 23.7 Å². The Morgan fingerprint density at radius 2 is 0.643 bits per heavy atom. The largest absolute Gasteiger partial charge is 0.0776 e. The Balaban J connectivity index is -0.0000000965. The van der Waals surface area contributed by atoms with E-state index in [4.69, 9.17) is 0 Å². The van der Waals surface area contributed by atoms with Crippen LogP contribution in [0.2, 0.25) is 0 Å². The Labute approximate surface area is 185 Å². The Bertz CT molecular complexity index is 202. The molecule has 0 fully saturated rings. The lowest BCUT2D eigenvalue weighted by Gasteiger charge is -2.11. The normalized spacial score (nSPS) is 11.0. The van der Waals surface area contributed by atoms with Crippen LogP contribution < -0.4 is 0 Å². The summed E-state index contributed by atoms with van der Waals surface area (Å²) in [6, 6.07) is 0. The Morgan fingerprint density at radius 3 is 0.893 bits per heavy atom. The third-order valence-corrected chi connectivity index (χ3v) is 4.80. The summed E-state index contributed by atoms with van der Waals surface area (Å²) in [5.41, 5.74) is 0. The molecule has 0 N–H and O–H groups in total. The van der Waals surface area contributed by atoms with Gasteiger partial charge >= 0.3 is 0 Å². The van der Waals surface area contributed by atoms with Gasteiger partial charge in [0.15, 0.2) is 0 Å². The van der Waals surface area contributed by atoms with E-state index in [-0.39, 0.29) is 14.9 Å². The first-order valence-corrected chi connectivity index (χ1v) is 12.2. The molecule has 0 aliphatic heterocycles. The van der Waals surface area contributed by atoms with Gasteiger partial charge < -0.3 is 0 Å². The van der Waals surface area contributed by atoms with E-state index < -0.39 is 0 Å². The molecule has 0 amide bonds. The maximum absolute atomic E-state index is 2.40. The lowest BCUT2D eigenvalue weighted by molar-refractivity contribution is 0.425. The first-order chi connectivity index (χ1) is 12.2. The molecule has 178 valence electrons. The molecule has 0 rings (SSSR count). The van der Waals surface area contributed by atoms with E-state index >= 15 is 0 Å². The van der Waals surface area contributed by atoms with Crippen LogP contribution in [0.5, 0.6) is 0 Å². The lowest BCUT2D eigenvalue weighted by atomic mass is 9.96. The molecular formula is C28H66. The van der Waals surface area contributed by atoms with Crippen molar-refractivity contribution in [3.8, 4) is 0 Å². The van der Waals surface area contributed by atoms with Gasteiger partial charge in [0.1, 0.15) is 0 Å². The predicted molar refractivity (Wildman–Crippen MR) is 140 cm³/mol. The highest BCUT2D eigenvalue weighted by Gasteiger charge is 2.01. The first-order valence-electron chi connectivity index (χ1n) is 12.2. The summed E-state index contributed by atoms with van der Waals surface area (Å²) in [6.07, 6.45) is 16.8. The average Bonchev–Trinajstić information content (AvgIpc) is 2.57. The summed E-state index contributed by atoms with van der Waals surface area (Å²) in [6.45, 7) is 22.9. The van der Waals surface area contributed by atoms with Crippen molar-refractivity contribution in [2.24, 2.45) is 23.7 Å². The summed E-state index contributed by atoms with van der Waals surface area (Å²) in [7, 11) is 0. The second-order valence-electron chi connectivity index (χ2n) is 9.64. The molecule has 1 unspecified atom stereocenters. The quantitative estimate of drug-likeness (QED) is 0.287. The van der Waals surface area contributed by atoms with Gasteiger partial charge in [0, 0.05) is 0 Å². The van der Waals surface area contributed by atoms with Crippen molar-refractivity contribution in [3.63, 3.8) is 0 Å². The molecule has 0 heterocycles. The van der Waals surface area contributed by atoms with Crippen LogP contribution in [0.25, 0.3) is 0 Å². The molecule has 0 bridgehead atoms. The number of unbranched alkanes of at least 4 members (excludes halogenated alkanes) is 3. The number of hydrogen-bond donors (Lipinski definition) is 0. The maximum Gasteiger partial charge on any atom is -0.0443 e. The third-order valence-electron chi connectivity index (χ3n) is 4.80. The van der Waals surface area contributed by atoms with Gasteiger partial charge in [-0.25, -0.2) is 0 Å². The van der Waals surface area contributed by atoms with Gasteiger partial charge in [-0.3, -0.25) is 0 Å². The van der Waals surface area contributed by atoms with Crippen LogP contribution in [0.1, 0.15) is 161 Å². The summed E-state index contributed by atoms with van der Waals surface area (Å²) in [5.74, 6) is 3.66. The topological polar surface area (TPSA) is 0 Å². The van der Waals surface area contributed by atoms with E-state index in [1.807, 2.05) is 0 Å².